The highest BCUT2D eigenvalue weighted by atomic mass is 32.2. The molecule has 2 heterocycles. The number of rotatable bonds is 4. The Bertz CT molecular complexity index is 896. The van der Waals surface area contributed by atoms with Gasteiger partial charge in [-0.25, -0.2) is 0 Å². The maximum atomic E-state index is 12.2. The van der Waals surface area contributed by atoms with Crippen molar-refractivity contribution in [2.75, 3.05) is 4.72 Å². The predicted octanol–water partition coefficient (Wildman–Crippen LogP) is 0.985. The molecule has 3 aromatic rings. The van der Waals surface area contributed by atoms with Gasteiger partial charge in [-0.15, -0.1) is 5.10 Å². The number of anilines is 1. The monoisotopic (exact) mass is 306 g/mol. The Labute approximate surface area is 121 Å². The summed E-state index contributed by atoms with van der Waals surface area (Å²) in [5, 5.41) is 12.6. The van der Waals surface area contributed by atoms with Crippen molar-refractivity contribution in [1.82, 2.24) is 24.8 Å². The van der Waals surface area contributed by atoms with E-state index in [2.05, 4.69) is 20.0 Å². The molecular formula is C12H14N6O2S. The average molecular weight is 306 g/mol. The molecule has 110 valence electrons. The zero-order valence-electron chi connectivity index (χ0n) is 11.6. The first kappa shape index (κ1) is 13.6. The molecule has 1 N–H and O–H groups in total. The summed E-state index contributed by atoms with van der Waals surface area (Å²) < 4.78 is 28.7. The highest BCUT2D eigenvalue weighted by Crippen LogP contribution is 2.21. The first-order valence-corrected chi connectivity index (χ1v) is 7.82. The van der Waals surface area contributed by atoms with Gasteiger partial charge in [0.05, 0.1) is 23.6 Å². The van der Waals surface area contributed by atoms with Crippen LogP contribution in [0.1, 0.15) is 6.92 Å². The minimum Gasteiger partial charge on any atom is -0.278 e. The van der Waals surface area contributed by atoms with Crippen molar-refractivity contribution in [1.29, 1.82) is 0 Å². The maximum Gasteiger partial charge on any atom is 0.282 e. The van der Waals surface area contributed by atoms with E-state index in [0.717, 1.165) is 10.9 Å². The third-order valence-electron chi connectivity index (χ3n) is 3.05. The number of hydrogen-bond donors (Lipinski definition) is 1. The van der Waals surface area contributed by atoms with E-state index in [0.29, 0.717) is 12.2 Å². The van der Waals surface area contributed by atoms with E-state index in [4.69, 9.17) is 0 Å². The van der Waals surface area contributed by atoms with Gasteiger partial charge in [0.1, 0.15) is 0 Å². The molecule has 0 aliphatic heterocycles. The van der Waals surface area contributed by atoms with Crippen LogP contribution in [0, 0.1) is 0 Å². The Kier molecular flexibility index (Phi) is 3.13. The normalized spacial score (nSPS) is 11.9. The van der Waals surface area contributed by atoms with E-state index in [1.807, 2.05) is 13.0 Å². The second kappa shape index (κ2) is 4.85. The van der Waals surface area contributed by atoms with Crippen LogP contribution in [0.5, 0.6) is 0 Å². The van der Waals surface area contributed by atoms with Gasteiger partial charge in [0, 0.05) is 19.0 Å². The minimum atomic E-state index is -3.74. The second-order valence-electron chi connectivity index (χ2n) is 4.51. The lowest BCUT2D eigenvalue weighted by atomic mass is 10.2. The summed E-state index contributed by atoms with van der Waals surface area (Å²) in [6, 6.07) is 5.26. The molecule has 0 aliphatic rings. The summed E-state index contributed by atoms with van der Waals surface area (Å²) in [4.78, 5) is 1.20. The van der Waals surface area contributed by atoms with Crippen LogP contribution >= 0.6 is 0 Å². The Morgan fingerprint density at radius 2 is 2.05 bits per heavy atom. The van der Waals surface area contributed by atoms with Crippen LogP contribution in [0.4, 0.5) is 5.69 Å². The molecule has 0 unspecified atom stereocenters. The maximum absolute atomic E-state index is 12.2. The van der Waals surface area contributed by atoms with Crippen molar-refractivity contribution in [3.05, 3.63) is 30.6 Å². The third-order valence-corrected chi connectivity index (χ3v) is 4.29. The molecule has 8 nitrogen and oxygen atoms in total. The Morgan fingerprint density at radius 1 is 1.24 bits per heavy atom. The van der Waals surface area contributed by atoms with Gasteiger partial charge in [-0.1, -0.05) is 0 Å². The van der Waals surface area contributed by atoms with Crippen molar-refractivity contribution in [3.63, 3.8) is 0 Å². The summed E-state index contributed by atoms with van der Waals surface area (Å²) in [6.45, 7) is 2.69. The largest absolute Gasteiger partial charge is 0.282 e. The topological polar surface area (TPSA) is 94.7 Å². The molecule has 2 aromatic heterocycles. The third kappa shape index (κ3) is 2.47. The summed E-state index contributed by atoms with van der Waals surface area (Å²) in [5.41, 5.74) is 1.33. The number of fused-ring (bicyclic) bond motifs is 1. The lowest BCUT2D eigenvalue weighted by Gasteiger charge is -2.06. The second-order valence-corrected chi connectivity index (χ2v) is 6.14. The lowest BCUT2D eigenvalue weighted by Crippen LogP contribution is -2.14. The van der Waals surface area contributed by atoms with Crippen molar-refractivity contribution in [3.8, 4) is 0 Å². The minimum absolute atomic E-state index is 0.117. The Hall–Kier alpha value is -2.42. The van der Waals surface area contributed by atoms with Crippen LogP contribution in [0.3, 0.4) is 0 Å². The number of hydrogen-bond acceptors (Lipinski definition) is 5. The SMILES string of the molecule is CCn1ncc2ccc(NS(=O)(=O)c3cnn(C)n3)cc21. The van der Waals surface area contributed by atoms with Gasteiger partial charge in [-0.2, -0.15) is 23.4 Å². The van der Waals surface area contributed by atoms with Crippen molar-refractivity contribution < 1.29 is 8.42 Å². The molecule has 0 saturated carbocycles. The van der Waals surface area contributed by atoms with Crippen molar-refractivity contribution in [2.24, 2.45) is 7.05 Å². The summed E-state index contributed by atoms with van der Waals surface area (Å²) in [6.07, 6.45) is 2.96. The number of aryl methyl sites for hydroxylation is 2. The fraction of sp³-hybridized carbons (Fsp3) is 0.250. The molecule has 0 bridgehead atoms. The lowest BCUT2D eigenvalue weighted by molar-refractivity contribution is 0.588. The van der Waals surface area contributed by atoms with Crippen LogP contribution in [0.25, 0.3) is 10.9 Å². The van der Waals surface area contributed by atoms with Gasteiger partial charge < -0.3 is 0 Å². The van der Waals surface area contributed by atoms with E-state index in [1.165, 1.54) is 11.0 Å². The fourth-order valence-electron chi connectivity index (χ4n) is 2.04. The van der Waals surface area contributed by atoms with Crippen LogP contribution in [-0.4, -0.2) is 33.2 Å². The van der Waals surface area contributed by atoms with E-state index in [9.17, 15) is 8.42 Å². The van der Waals surface area contributed by atoms with Gasteiger partial charge in [-0.05, 0) is 25.1 Å². The Morgan fingerprint density at radius 3 is 2.71 bits per heavy atom. The molecule has 0 aliphatic carbocycles. The molecule has 0 radical (unpaired) electrons. The van der Waals surface area contributed by atoms with Gasteiger partial charge in [-0.3, -0.25) is 9.40 Å². The highest BCUT2D eigenvalue weighted by molar-refractivity contribution is 7.92. The number of aromatic nitrogens is 5. The molecule has 1 aromatic carbocycles. The molecular weight excluding hydrogens is 292 g/mol. The van der Waals surface area contributed by atoms with Gasteiger partial charge in [0.25, 0.3) is 10.0 Å². The standard InChI is InChI=1S/C12H14N6O2S/c1-3-18-11-6-10(5-4-9(11)7-14-18)16-21(19,20)12-8-13-17(2)15-12/h4-8,16H,3H2,1-2H3. The summed E-state index contributed by atoms with van der Waals surface area (Å²) in [5.74, 6) is 0. The van der Waals surface area contributed by atoms with Crippen LogP contribution in [0.2, 0.25) is 0 Å². The number of sulfonamides is 1. The van der Waals surface area contributed by atoms with E-state index < -0.39 is 10.0 Å². The highest BCUT2D eigenvalue weighted by Gasteiger charge is 2.18. The van der Waals surface area contributed by atoms with Crippen molar-refractivity contribution >= 4 is 26.6 Å². The number of nitrogens with one attached hydrogen (secondary N) is 1. The quantitative estimate of drug-likeness (QED) is 0.775. The first-order valence-electron chi connectivity index (χ1n) is 6.34. The first-order chi connectivity index (χ1) is 9.99. The predicted molar refractivity (Wildman–Crippen MR) is 77.2 cm³/mol. The van der Waals surface area contributed by atoms with E-state index in [-0.39, 0.29) is 5.03 Å². The molecule has 0 spiro atoms. The molecule has 0 fully saturated rings. The molecule has 21 heavy (non-hydrogen) atoms. The van der Waals surface area contributed by atoms with Crippen LogP contribution < -0.4 is 4.72 Å². The molecule has 9 heteroatoms. The molecule has 0 saturated heterocycles. The van der Waals surface area contributed by atoms with Crippen LogP contribution in [-0.2, 0) is 23.6 Å². The number of nitrogens with zero attached hydrogens (tertiary/aromatic N) is 5. The smallest absolute Gasteiger partial charge is 0.278 e. The van der Waals surface area contributed by atoms with Gasteiger partial charge >= 0.3 is 0 Å². The Balaban J connectivity index is 1.97. The van der Waals surface area contributed by atoms with Crippen LogP contribution in [0.15, 0.2) is 35.6 Å². The zero-order chi connectivity index (χ0) is 15.0. The molecule has 0 atom stereocenters. The van der Waals surface area contributed by atoms with Gasteiger partial charge in [0.15, 0.2) is 0 Å². The van der Waals surface area contributed by atoms with Crippen molar-refractivity contribution in [2.45, 2.75) is 18.5 Å². The summed E-state index contributed by atoms with van der Waals surface area (Å²) >= 11 is 0. The average Bonchev–Trinajstić information content (AvgIpc) is 3.04. The molecule has 0 amide bonds. The summed E-state index contributed by atoms with van der Waals surface area (Å²) in [7, 11) is -2.18. The number of benzene rings is 1. The van der Waals surface area contributed by atoms with Gasteiger partial charge in [0.2, 0.25) is 5.03 Å². The van der Waals surface area contributed by atoms with E-state index >= 15 is 0 Å². The zero-order valence-corrected chi connectivity index (χ0v) is 12.4. The molecule has 3 rings (SSSR count). The van der Waals surface area contributed by atoms with E-state index in [1.54, 1.807) is 30.1 Å². The fourth-order valence-corrected chi connectivity index (χ4v) is 3.00.